The Balaban J connectivity index is 2.19. The molecule has 0 saturated carbocycles. The van der Waals surface area contributed by atoms with Gasteiger partial charge in [-0.1, -0.05) is 57.0 Å². The maximum Gasteiger partial charge on any atom is 0.331 e. The molecule has 2 aromatic rings. The number of unbranched alkanes of at least 4 members (excludes halogenated alkanes) is 1. The fourth-order valence-electron chi connectivity index (χ4n) is 4.24. The highest BCUT2D eigenvalue weighted by Gasteiger charge is 2.38. The number of aliphatic carboxylic acids is 1. The number of hydrogen-bond acceptors (Lipinski definition) is 6. The van der Waals surface area contributed by atoms with Crippen molar-refractivity contribution in [3.05, 3.63) is 65.9 Å². The lowest BCUT2D eigenvalue weighted by molar-refractivity contribution is -0.131. The molecule has 0 aliphatic carbocycles. The van der Waals surface area contributed by atoms with Gasteiger partial charge in [0, 0.05) is 25.1 Å². The van der Waals surface area contributed by atoms with Crippen molar-refractivity contribution in [3.8, 4) is 5.75 Å². The van der Waals surface area contributed by atoms with Crippen LogP contribution in [0.4, 0.5) is 0 Å². The van der Waals surface area contributed by atoms with Crippen molar-refractivity contribution >= 4 is 28.5 Å². The van der Waals surface area contributed by atoms with Crippen LogP contribution < -0.4 is 4.74 Å². The molecular formula is C25H33NO5S2. The normalized spacial score (nSPS) is 21.4. The number of carbonyl (C=O) groups is 1. The Hall–Kier alpha value is -1.97. The third-order valence-electron chi connectivity index (χ3n) is 5.97. The minimum Gasteiger partial charge on any atom is -0.478 e. The summed E-state index contributed by atoms with van der Waals surface area (Å²) in [5.41, 5.74) is 2.02. The van der Waals surface area contributed by atoms with Gasteiger partial charge in [0.05, 0.1) is 22.1 Å². The van der Waals surface area contributed by atoms with Crippen molar-refractivity contribution in [1.82, 2.24) is 4.31 Å². The Kier molecular flexibility index (Phi) is 8.89. The lowest BCUT2D eigenvalue weighted by Crippen LogP contribution is -2.33. The first-order valence-electron chi connectivity index (χ1n) is 11.2. The summed E-state index contributed by atoms with van der Waals surface area (Å²) in [4.78, 5) is 12.2. The van der Waals surface area contributed by atoms with E-state index in [4.69, 9.17) is 9.84 Å². The van der Waals surface area contributed by atoms with Crippen LogP contribution in [0.3, 0.4) is 0 Å². The fourth-order valence-corrected chi connectivity index (χ4v) is 6.71. The Bertz CT molecular complexity index is 980. The fraction of sp³-hybridized carbons (Fsp3) is 0.400. The summed E-state index contributed by atoms with van der Waals surface area (Å²) < 4.78 is 30.3. The standard InChI is InChI=1S/C25H33NO5S2/c1-4-6-12-19-15-20(18-10-8-7-9-11-18)21-16-23(32-5-2)22(31-14-13-25(27)28)17-24(21)33(29,30)26(19)3/h7-11,13-14,16-17,19-20,29-30H,4-6,12,15H2,1-3H3,(H,27,28)/b14-13+. The molecular weight excluding hydrogens is 458 g/mol. The molecule has 6 nitrogen and oxygen atoms in total. The zero-order chi connectivity index (χ0) is 24.0. The second-order valence-electron chi connectivity index (χ2n) is 8.09. The summed E-state index contributed by atoms with van der Waals surface area (Å²) in [5, 5.41) is 8.92. The van der Waals surface area contributed by atoms with Crippen molar-refractivity contribution in [1.29, 1.82) is 0 Å². The van der Waals surface area contributed by atoms with E-state index in [0.717, 1.165) is 59.8 Å². The van der Waals surface area contributed by atoms with Gasteiger partial charge in [-0.3, -0.25) is 9.11 Å². The molecule has 33 heavy (non-hydrogen) atoms. The van der Waals surface area contributed by atoms with Gasteiger partial charge in [-0.05, 0) is 35.8 Å². The number of thioether (sulfide) groups is 1. The van der Waals surface area contributed by atoms with E-state index in [0.29, 0.717) is 10.6 Å². The first kappa shape index (κ1) is 25.6. The molecule has 0 saturated heterocycles. The van der Waals surface area contributed by atoms with E-state index in [1.165, 1.54) is 0 Å². The molecule has 1 aliphatic heterocycles. The summed E-state index contributed by atoms with van der Waals surface area (Å²) in [6, 6.07) is 13.9. The van der Waals surface area contributed by atoms with E-state index >= 15 is 0 Å². The molecule has 2 atom stereocenters. The molecule has 0 fully saturated rings. The van der Waals surface area contributed by atoms with E-state index in [1.807, 2.05) is 31.2 Å². The molecule has 3 rings (SSSR count). The molecule has 0 spiro atoms. The summed E-state index contributed by atoms with van der Waals surface area (Å²) in [6.45, 7) is 4.17. The third-order valence-corrected chi connectivity index (χ3v) is 8.93. The van der Waals surface area contributed by atoms with Crippen LogP contribution in [0.2, 0.25) is 0 Å². The van der Waals surface area contributed by atoms with Gasteiger partial charge in [-0.15, -0.1) is 22.5 Å². The predicted octanol–water partition coefficient (Wildman–Crippen LogP) is 6.83. The zero-order valence-electron chi connectivity index (χ0n) is 19.3. The van der Waals surface area contributed by atoms with Crippen LogP contribution >= 0.6 is 22.5 Å². The van der Waals surface area contributed by atoms with Crippen molar-refractivity contribution in [2.75, 3.05) is 12.8 Å². The number of rotatable bonds is 9. The molecule has 3 N–H and O–H groups in total. The first-order valence-corrected chi connectivity index (χ1v) is 13.7. The molecule has 180 valence electrons. The van der Waals surface area contributed by atoms with Gasteiger partial charge >= 0.3 is 5.97 Å². The smallest absolute Gasteiger partial charge is 0.331 e. The molecule has 0 bridgehead atoms. The molecule has 1 aliphatic rings. The minimum absolute atomic E-state index is 0.000927. The molecule has 0 amide bonds. The average molecular weight is 492 g/mol. The van der Waals surface area contributed by atoms with Gasteiger partial charge in [0.25, 0.3) is 0 Å². The van der Waals surface area contributed by atoms with E-state index in [1.54, 1.807) is 29.2 Å². The van der Waals surface area contributed by atoms with Crippen molar-refractivity contribution in [2.24, 2.45) is 0 Å². The summed E-state index contributed by atoms with van der Waals surface area (Å²) in [7, 11) is -1.49. The Morgan fingerprint density at radius 2 is 1.97 bits per heavy atom. The quantitative estimate of drug-likeness (QED) is 0.201. The Morgan fingerprint density at radius 3 is 2.61 bits per heavy atom. The second-order valence-corrected chi connectivity index (χ2v) is 11.4. The first-order chi connectivity index (χ1) is 15.8. The van der Waals surface area contributed by atoms with Crippen LogP contribution in [-0.2, 0) is 4.79 Å². The molecule has 2 unspecified atom stereocenters. The van der Waals surface area contributed by atoms with E-state index in [9.17, 15) is 13.9 Å². The van der Waals surface area contributed by atoms with Crippen molar-refractivity contribution < 1.29 is 23.7 Å². The van der Waals surface area contributed by atoms with Crippen LogP contribution in [0, 0.1) is 0 Å². The lowest BCUT2D eigenvalue weighted by Gasteiger charge is -2.44. The summed E-state index contributed by atoms with van der Waals surface area (Å²) in [5.74, 6) is 0.106. The zero-order valence-corrected chi connectivity index (χ0v) is 20.9. The highest BCUT2D eigenvalue weighted by Crippen LogP contribution is 2.60. The Labute approximate surface area is 202 Å². The van der Waals surface area contributed by atoms with E-state index in [2.05, 4.69) is 19.1 Å². The lowest BCUT2D eigenvalue weighted by atomic mass is 9.84. The highest BCUT2D eigenvalue weighted by atomic mass is 32.3. The SMILES string of the molecule is CCCCC1CC(c2ccccc2)c2cc(SCC)c(O/C=C/C(=O)O)cc2S(O)(O)N1C. The maximum atomic E-state index is 11.5. The van der Waals surface area contributed by atoms with Gasteiger partial charge in [-0.25, -0.2) is 9.10 Å². The minimum atomic E-state index is -3.27. The van der Waals surface area contributed by atoms with Crippen LogP contribution in [0.1, 0.15) is 56.6 Å². The van der Waals surface area contributed by atoms with E-state index in [-0.39, 0.29) is 12.0 Å². The van der Waals surface area contributed by atoms with Crippen LogP contribution in [0.25, 0.3) is 0 Å². The third kappa shape index (κ3) is 5.94. The largest absolute Gasteiger partial charge is 0.478 e. The van der Waals surface area contributed by atoms with Gasteiger partial charge < -0.3 is 9.84 Å². The van der Waals surface area contributed by atoms with Gasteiger partial charge in [0.2, 0.25) is 0 Å². The molecule has 1 heterocycles. The van der Waals surface area contributed by atoms with Crippen LogP contribution in [0.15, 0.2) is 64.6 Å². The number of hydrogen-bond donors (Lipinski definition) is 3. The second kappa shape index (κ2) is 11.4. The predicted molar refractivity (Wildman–Crippen MR) is 135 cm³/mol. The number of carboxylic acid groups (broad SMARTS) is 1. The monoisotopic (exact) mass is 491 g/mol. The number of carboxylic acids is 1. The van der Waals surface area contributed by atoms with Crippen molar-refractivity contribution in [3.63, 3.8) is 0 Å². The van der Waals surface area contributed by atoms with Crippen LogP contribution in [-0.4, -0.2) is 43.3 Å². The maximum absolute atomic E-state index is 11.5. The Morgan fingerprint density at radius 1 is 1.24 bits per heavy atom. The molecule has 0 aromatic heterocycles. The van der Waals surface area contributed by atoms with Gasteiger partial charge in [-0.2, -0.15) is 0 Å². The molecule has 8 heteroatoms. The van der Waals surface area contributed by atoms with Gasteiger partial charge in [0.1, 0.15) is 5.75 Å². The summed E-state index contributed by atoms with van der Waals surface area (Å²) in [6.07, 6.45) is 5.74. The topological polar surface area (TPSA) is 90.2 Å². The number of fused-ring (bicyclic) bond motifs is 1. The van der Waals surface area contributed by atoms with Crippen molar-refractivity contribution in [2.45, 2.75) is 61.3 Å². The van der Waals surface area contributed by atoms with Gasteiger partial charge in [0.15, 0.2) is 0 Å². The average Bonchev–Trinajstić information content (AvgIpc) is 2.87. The van der Waals surface area contributed by atoms with Crippen LogP contribution in [0.5, 0.6) is 5.75 Å². The highest BCUT2D eigenvalue weighted by molar-refractivity contribution is 8.22. The number of nitrogens with zero attached hydrogens (tertiary/aromatic N) is 1. The molecule has 0 radical (unpaired) electrons. The summed E-state index contributed by atoms with van der Waals surface area (Å²) >= 11 is 1.58. The molecule has 2 aromatic carbocycles. The number of benzene rings is 2. The van der Waals surface area contributed by atoms with E-state index < -0.39 is 16.7 Å². The number of ether oxygens (including phenoxy) is 1.